The molecule has 3 N–H and O–H groups in total. The molecule has 0 aliphatic rings. The van der Waals surface area contributed by atoms with Gasteiger partial charge in [-0.1, -0.05) is 37.3 Å². The van der Waals surface area contributed by atoms with Crippen LogP contribution in [-0.2, 0) is 6.42 Å². The quantitative estimate of drug-likeness (QED) is 0.270. The molecule has 4 nitrogen and oxygen atoms in total. The van der Waals surface area contributed by atoms with E-state index in [-0.39, 0.29) is 36.5 Å². The van der Waals surface area contributed by atoms with Crippen molar-refractivity contribution in [1.29, 1.82) is 0 Å². The van der Waals surface area contributed by atoms with Crippen LogP contribution in [0.25, 0.3) is 0 Å². The van der Waals surface area contributed by atoms with Crippen molar-refractivity contribution < 1.29 is 5.11 Å². The molecule has 120 valence electrons. The number of benzene rings is 1. The monoisotopic (exact) mass is 405 g/mol. The molecule has 1 aromatic rings. The maximum atomic E-state index is 9.01. The lowest BCUT2D eigenvalue weighted by Gasteiger charge is -2.12. The van der Waals surface area contributed by atoms with Gasteiger partial charge in [0.25, 0.3) is 0 Å². The molecule has 0 fully saturated rings. The van der Waals surface area contributed by atoms with Crippen molar-refractivity contribution in [2.75, 3.05) is 26.2 Å². The molecule has 0 saturated carbocycles. The highest BCUT2D eigenvalue weighted by atomic mass is 127. The molecule has 0 bridgehead atoms. The van der Waals surface area contributed by atoms with Crippen molar-refractivity contribution in [3.05, 3.63) is 35.9 Å². The summed E-state index contributed by atoms with van der Waals surface area (Å²) >= 11 is 0. The number of aryl methyl sites for hydroxylation is 1. The van der Waals surface area contributed by atoms with E-state index >= 15 is 0 Å². The molecule has 5 heteroatoms. The van der Waals surface area contributed by atoms with E-state index < -0.39 is 0 Å². The SMILES string of the molecule is CCNC(=NCC(C)CO)NCCCc1ccccc1.I. The standard InChI is InChI=1S/C16H27N3O.HI/c1-3-17-16(19-12-14(2)13-20)18-11-7-10-15-8-5-4-6-9-15;/h4-6,8-9,14,20H,3,7,10-13H2,1-2H3,(H2,17,18,19);1H. The smallest absolute Gasteiger partial charge is 0.191 e. The molecule has 0 aromatic heterocycles. The lowest BCUT2D eigenvalue weighted by atomic mass is 10.1. The Bertz CT molecular complexity index is 384. The van der Waals surface area contributed by atoms with Gasteiger partial charge in [0.1, 0.15) is 0 Å². The highest BCUT2D eigenvalue weighted by Crippen LogP contribution is 2.01. The van der Waals surface area contributed by atoms with Crippen molar-refractivity contribution in [2.45, 2.75) is 26.7 Å². The number of guanidine groups is 1. The first kappa shape index (κ1) is 20.2. The van der Waals surface area contributed by atoms with Crippen molar-refractivity contribution in [3.63, 3.8) is 0 Å². The fraction of sp³-hybridized carbons (Fsp3) is 0.562. The minimum atomic E-state index is 0. The zero-order valence-corrected chi connectivity index (χ0v) is 15.3. The fourth-order valence-corrected chi connectivity index (χ4v) is 1.79. The van der Waals surface area contributed by atoms with E-state index in [0.29, 0.717) is 6.54 Å². The van der Waals surface area contributed by atoms with Crippen LogP contribution in [0.5, 0.6) is 0 Å². The Kier molecular flexibility index (Phi) is 12.4. The molecule has 0 heterocycles. The molecule has 0 radical (unpaired) electrons. The van der Waals surface area contributed by atoms with Crippen LogP contribution in [-0.4, -0.2) is 37.3 Å². The minimum absolute atomic E-state index is 0. The van der Waals surface area contributed by atoms with Gasteiger partial charge < -0.3 is 15.7 Å². The summed E-state index contributed by atoms with van der Waals surface area (Å²) in [7, 11) is 0. The lowest BCUT2D eigenvalue weighted by Crippen LogP contribution is -2.38. The Balaban J connectivity index is 0.00000400. The molecule has 0 amide bonds. The van der Waals surface area contributed by atoms with Crippen LogP contribution < -0.4 is 10.6 Å². The third kappa shape index (κ3) is 9.68. The van der Waals surface area contributed by atoms with Gasteiger partial charge in [0.05, 0.1) is 0 Å². The van der Waals surface area contributed by atoms with Crippen LogP contribution in [0.15, 0.2) is 35.3 Å². The summed E-state index contributed by atoms with van der Waals surface area (Å²) in [5.74, 6) is 1.04. The average Bonchev–Trinajstić information content (AvgIpc) is 2.49. The maximum Gasteiger partial charge on any atom is 0.191 e. The van der Waals surface area contributed by atoms with Crippen molar-refractivity contribution in [3.8, 4) is 0 Å². The molecule has 0 aliphatic carbocycles. The van der Waals surface area contributed by atoms with E-state index in [1.165, 1.54) is 5.56 Å². The van der Waals surface area contributed by atoms with Crippen LogP contribution in [0.1, 0.15) is 25.8 Å². The number of nitrogens with zero attached hydrogens (tertiary/aromatic N) is 1. The topological polar surface area (TPSA) is 56.7 Å². The summed E-state index contributed by atoms with van der Waals surface area (Å²) in [5.41, 5.74) is 1.37. The van der Waals surface area contributed by atoms with Gasteiger partial charge in [-0.2, -0.15) is 0 Å². The van der Waals surface area contributed by atoms with E-state index in [2.05, 4.69) is 46.8 Å². The van der Waals surface area contributed by atoms with Crippen molar-refractivity contribution in [1.82, 2.24) is 10.6 Å². The number of nitrogens with one attached hydrogen (secondary N) is 2. The Morgan fingerprint density at radius 3 is 2.57 bits per heavy atom. The summed E-state index contributed by atoms with van der Waals surface area (Å²) in [5, 5.41) is 15.6. The summed E-state index contributed by atoms with van der Waals surface area (Å²) in [6.45, 7) is 6.60. The maximum absolute atomic E-state index is 9.01. The van der Waals surface area contributed by atoms with Gasteiger partial charge in [-0.15, -0.1) is 24.0 Å². The van der Waals surface area contributed by atoms with Gasteiger partial charge in [-0.05, 0) is 31.2 Å². The summed E-state index contributed by atoms with van der Waals surface area (Å²) in [6, 6.07) is 10.5. The summed E-state index contributed by atoms with van der Waals surface area (Å²) < 4.78 is 0. The van der Waals surface area contributed by atoms with E-state index in [9.17, 15) is 0 Å². The van der Waals surface area contributed by atoms with Gasteiger partial charge in [0.15, 0.2) is 5.96 Å². The normalized spacial score (nSPS) is 12.4. The number of aliphatic hydroxyl groups is 1. The number of rotatable bonds is 8. The van der Waals surface area contributed by atoms with Gasteiger partial charge in [0.2, 0.25) is 0 Å². The van der Waals surface area contributed by atoms with Crippen LogP contribution in [0.2, 0.25) is 0 Å². The molecule has 0 saturated heterocycles. The summed E-state index contributed by atoms with van der Waals surface area (Å²) in [6.07, 6.45) is 2.14. The van der Waals surface area contributed by atoms with Crippen LogP contribution in [0.4, 0.5) is 0 Å². The second-order valence-electron chi connectivity index (χ2n) is 5.02. The van der Waals surface area contributed by atoms with Crippen LogP contribution in [0, 0.1) is 5.92 Å². The van der Waals surface area contributed by atoms with E-state index in [1.807, 2.05) is 13.0 Å². The first-order valence-electron chi connectivity index (χ1n) is 7.43. The van der Waals surface area contributed by atoms with Crippen LogP contribution >= 0.6 is 24.0 Å². The Morgan fingerprint density at radius 2 is 1.95 bits per heavy atom. The third-order valence-electron chi connectivity index (χ3n) is 2.99. The Hall–Kier alpha value is -0.820. The van der Waals surface area contributed by atoms with Gasteiger partial charge >= 0.3 is 0 Å². The molecule has 0 spiro atoms. The second-order valence-corrected chi connectivity index (χ2v) is 5.02. The largest absolute Gasteiger partial charge is 0.396 e. The molecule has 0 aliphatic heterocycles. The Morgan fingerprint density at radius 1 is 1.24 bits per heavy atom. The first-order chi connectivity index (χ1) is 9.76. The van der Waals surface area contributed by atoms with Gasteiger partial charge in [-0.25, -0.2) is 0 Å². The fourth-order valence-electron chi connectivity index (χ4n) is 1.79. The second kappa shape index (κ2) is 12.9. The minimum Gasteiger partial charge on any atom is -0.396 e. The van der Waals surface area contributed by atoms with E-state index in [0.717, 1.165) is 31.9 Å². The predicted octanol–water partition coefficient (Wildman–Crippen LogP) is 2.42. The predicted molar refractivity (Wildman–Crippen MR) is 100 cm³/mol. The molecule has 1 atom stereocenters. The molecule has 21 heavy (non-hydrogen) atoms. The third-order valence-corrected chi connectivity index (χ3v) is 2.99. The molecular formula is C16H28IN3O. The number of halogens is 1. The molecule has 1 rings (SSSR count). The first-order valence-corrected chi connectivity index (χ1v) is 7.43. The molecular weight excluding hydrogens is 377 g/mol. The van der Waals surface area contributed by atoms with Crippen LogP contribution in [0.3, 0.4) is 0 Å². The number of aliphatic imine (C=N–C) groups is 1. The number of hydrogen-bond acceptors (Lipinski definition) is 2. The van der Waals surface area contributed by atoms with Crippen molar-refractivity contribution in [2.24, 2.45) is 10.9 Å². The zero-order valence-electron chi connectivity index (χ0n) is 13.0. The van der Waals surface area contributed by atoms with Gasteiger partial charge in [-0.3, -0.25) is 4.99 Å². The zero-order chi connectivity index (χ0) is 14.6. The van der Waals surface area contributed by atoms with Crippen molar-refractivity contribution >= 4 is 29.9 Å². The molecule has 1 unspecified atom stereocenters. The lowest BCUT2D eigenvalue weighted by molar-refractivity contribution is 0.241. The van der Waals surface area contributed by atoms with E-state index in [1.54, 1.807) is 0 Å². The highest BCUT2D eigenvalue weighted by molar-refractivity contribution is 14.0. The summed E-state index contributed by atoms with van der Waals surface area (Å²) in [4.78, 5) is 4.46. The van der Waals surface area contributed by atoms with Gasteiger partial charge in [0, 0.05) is 26.2 Å². The number of aliphatic hydroxyl groups excluding tert-OH is 1. The Labute approximate surface area is 145 Å². The highest BCUT2D eigenvalue weighted by Gasteiger charge is 2.01. The average molecular weight is 405 g/mol. The molecule has 1 aromatic carbocycles. The number of hydrogen-bond donors (Lipinski definition) is 3. The van der Waals surface area contributed by atoms with E-state index in [4.69, 9.17) is 5.11 Å².